The van der Waals surface area contributed by atoms with E-state index < -0.39 is 0 Å². The number of aliphatic hydroxyl groups is 1. The van der Waals surface area contributed by atoms with E-state index in [9.17, 15) is 5.11 Å². The molecule has 2 aliphatic carbocycles. The molecule has 2 aliphatic rings. The highest BCUT2D eigenvalue weighted by Gasteiger charge is 2.46. The first kappa shape index (κ1) is 12.2. The van der Waals surface area contributed by atoms with Gasteiger partial charge in [-0.1, -0.05) is 26.0 Å². The van der Waals surface area contributed by atoms with Gasteiger partial charge in [0, 0.05) is 0 Å². The van der Waals surface area contributed by atoms with E-state index >= 15 is 0 Å². The first-order chi connectivity index (χ1) is 7.42. The third kappa shape index (κ3) is 2.07. The summed E-state index contributed by atoms with van der Waals surface area (Å²) in [6.45, 7) is 11.0. The molecule has 5 atom stereocenters. The van der Waals surface area contributed by atoms with Gasteiger partial charge in [0.05, 0.1) is 6.10 Å². The fourth-order valence-electron chi connectivity index (χ4n) is 4.23. The minimum absolute atomic E-state index is 0.0578. The van der Waals surface area contributed by atoms with Gasteiger partial charge in [0.15, 0.2) is 0 Å². The molecule has 0 radical (unpaired) electrons. The average Bonchev–Trinajstić information content (AvgIpc) is 2.15. The van der Waals surface area contributed by atoms with Crippen LogP contribution < -0.4 is 0 Å². The summed E-state index contributed by atoms with van der Waals surface area (Å²) in [6, 6.07) is 0. The lowest BCUT2D eigenvalue weighted by molar-refractivity contribution is -0.0548. The Morgan fingerprint density at radius 1 is 1.38 bits per heavy atom. The Labute approximate surface area is 99.9 Å². The van der Waals surface area contributed by atoms with E-state index in [-0.39, 0.29) is 6.10 Å². The van der Waals surface area contributed by atoms with Crippen LogP contribution in [0.15, 0.2) is 12.2 Å². The number of rotatable bonds is 1. The van der Waals surface area contributed by atoms with Gasteiger partial charge in [-0.25, -0.2) is 0 Å². The normalized spacial score (nSPS) is 48.5. The Hall–Kier alpha value is -0.300. The van der Waals surface area contributed by atoms with Crippen LogP contribution in [0.2, 0.25) is 0 Å². The lowest BCUT2D eigenvalue weighted by Gasteiger charge is -2.52. The summed E-state index contributed by atoms with van der Waals surface area (Å²) in [5, 5.41) is 9.94. The molecule has 0 saturated heterocycles. The van der Waals surface area contributed by atoms with Crippen molar-refractivity contribution in [3.63, 3.8) is 0 Å². The Morgan fingerprint density at radius 3 is 2.69 bits per heavy atom. The highest BCUT2D eigenvalue weighted by Crippen LogP contribution is 2.54. The summed E-state index contributed by atoms with van der Waals surface area (Å²) in [6.07, 6.45) is 5.82. The fraction of sp³-hybridized carbons (Fsp3) is 0.867. The van der Waals surface area contributed by atoms with Gasteiger partial charge in [-0.2, -0.15) is 0 Å². The number of aliphatic hydroxyl groups excluding tert-OH is 1. The maximum atomic E-state index is 9.94. The molecule has 5 unspecified atom stereocenters. The molecule has 0 amide bonds. The highest BCUT2D eigenvalue weighted by molar-refractivity contribution is 5.05. The quantitative estimate of drug-likeness (QED) is 0.669. The van der Waals surface area contributed by atoms with Crippen molar-refractivity contribution < 1.29 is 5.11 Å². The molecule has 1 N–H and O–H groups in total. The van der Waals surface area contributed by atoms with E-state index in [0.717, 1.165) is 24.7 Å². The second-order valence-corrected chi connectivity index (χ2v) is 6.65. The van der Waals surface area contributed by atoms with Crippen LogP contribution >= 0.6 is 0 Å². The van der Waals surface area contributed by atoms with Crippen LogP contribution in [0.3, 0.4) is 0 Å². The molecule has 1 heteroatoms. The maximum Gasteiger partial charge on any atom is 0.0548 e. The summed E-state index contributed by atoms with van der Waals surface area (Å²) in [5.41, 5.74) is 1.75. The number of hydrogen-bond acceptors (Lipinski definition) is 1. The second-order valence-electron chi connectivity index (χ2n) is 6.65. The molecule has 2 rings (SSSR count). The fourth-order valence-corrected chi connectivity index (χ4v) is 4.23. The molecule has 0 spiro atoms. The standard InChI is InChI=1S/C15H26O/c1-10(2)12-5-6-15(4)9-13(16)7-11(3)14(15)8-12/h11-14,16H,1,5-9H2,2-4H3. The van der Waals surface area contributed by atoms with Gasteiger partial charge >= 0.3 is 0 Å². The number of fused-ring (bicyclic) bond motifs is 1. The molecule has 0 aromatic carbocycles. The molecule has 0 bridgehead atoms. The summed E-state index contributed by atoms with van der Waals surface area (Å²) < 4.78 is 0. The van der Waals surface area contributed by atoms with E-state index in [1.54, 1.807) is 0 Å². The molecule has 0 aliphatic heterocycles. The summed E-state index contributed by atoms with van der Waals surface area (Å²) >= 11 is 0. The van der Waals surface area contributed by atoms with E-state index in [1.807, 2.05) is 0 Å². The first-order valence-corrected chi connectivity index (χ1v) is 6.76. The van der Waals surface area contributed by atoms with Crippen molar-refractivity contribution in [2.45, 2.75) is 59.0 Å². The van der Waals surface area contributed by atoms with Gasteiger partial charge in [0.1, 0.15) is 0 Å². The van der Waals surface area contributed by atoms with Gasteiger partial charge < -0.3 is 5.11 Å². The second kappa shape index (κ2) is 4.18. The molecule has 2 fully saturated rings. The van der Waals surface area contributed by atoms with Crippen molar-refractivity contribution in [3.05, 3.63) is 12.2 Å². The van der Waals surface area contributed by atoms with Crippen molar-refractivity contribution in [2.75, 3.05) is 0 Å². The van der Waals surface area contributed by atoms with Gasteiger partial charge in [0.25, 0.3) is 0 Å². The molecule has 92 valence electrons. The lowest BCUT2D eigenvalue weighted by Crippen LogP contribution is -2.45. The Morgan fingerprint density at radius 2 is 2.06 bits per heavy atom. The van der Waals surface area contributed by atoms with E-state index in [2.05, 4.69) is 27.4 Å². The predicted molar refractivity (Wildman–Crippen MR) is 68.2 cm³/mol. The highest BCUT2D eigenvalue weighted by atomic mass is 16.3. The van der Waals surface area contributed by atoms with Crippen molar-refractivity contribution in [1.29, 1.82) is 0 Å². The molecule has 0 aromatic heterocycles. The van der Waals surface area contributed by atoms with Crippen molar-refractivity contribution in [2.24, 2.45) is 23.2 Å². The van der Waals surface area contributed by atoms with Crippen LogP contribution in [0.5, 0.6) is 0 Å². The molecule has 0 heterocycles. The number of allylic oxidation sites excluding steroid dienone is 1. The zero-order valence-corrected chi connectivity index (χ0v) is 11.0. The monoisotopic (exact) mass is 222 g/mol. The number of hydrogen-bond donors (Lipinski definition) is 1. The zero-order valence-electron chi connectivity index (χ0n) is 11.0. The van der Waals surface area contributed by atoms with Crippen molar-refractivity contribution in [3.8, 4) is 0 Å². The molecule has 2 saturated carbocycles. The minimum Gasteiger partial charge on any atom is -0.393 e. The molecular formula is C15H26O. The van der Waals surface area contributed by atoms with Crippen LogP contribution in [0.1, 0.15) is 52.9 Å². The average molecular weight is 222 g/mol. The summed E-state index contributed by atoms with van der Waals surface area (Å²) in [4.78, 5) is 0. The lowest BCUT2D eigenvalue weighted by atomic mass is 9.54. The van der Waals surface area contributed by atoms with Gasteiger partial charge in [-0.15, -0.1) is 0 Å². The van der Waals surface area contributed by atoms with Crippen molar-refractivity contribution in [1.82, 2.24) is 0 Å². The van der Waals surface area contributed by atoms with Crippen molar-refractivity contribution >= 4 is 0 Å². The molecule has 1 nitrogen and oxygen atoms in total. The predicted octanol–water partition coefficient (Wildman–Crippen LogP) is 3.78. The maximum absolute atomic E-state index is 9.94. The largest absolute Gasteiger partial charge is 0.393 e. The van der Waals surface area contributed by atoms with Crippen LogP contribution in [-0.4, -0.2) is 11.2 Å². The van der Waals surface area contributed by atoms with E-state index in [1.165, 1.54) is 24.8 Å². The van der Waals surface area contributed by atoms with Crippen LogP contribution in [0, 0.1) is 23.2 Å². The SMILES string of the molecule is C=C(C)C1CCC2(C)CC(O)CC(C)C2C1. The van der Waals surface area contributed by atoms with Crippen LogP contribution in [-0.2, 0) is 0 Å². The first-order valence-electron chi connectivity index (χ1n) is 6.76. The summed E-state index contributed by atoms with van der Waals surface area (Å²) in [7, 11) is 0. The molecular weight excluding hydrogens is 196 g/mol. The Kier molecular flexibility index (Phi) is 3.18. The smallest absolute Gasteiger partial charge is 0.0548 e. The van der Waals surface area contributed by atoms with E-state index in [4.69, 9.17) is 0 Å². The third-order valence-corrected chi connectivity index (χ3v) is 5.23. The van der Waals surface area contributed by atoms with Crippen LogP contribution in [0.25, 0.3) is 0 Å². The topological polar surface area (TPSA) is 20.2 Å². The third-order valence-electron chi connectivity index (χ3n) is 5.23. The Bertz CT molecular complexity index is 283. The zero-order chi connectivity index (χ0) is 11.9. The van der Waals surface area contributed by atoms with Crippen LogP contribution in [0.4, 0.5) is 0 Å². The minimum atomic E-state index is -0.0578. The molecule has 0 aromatic rings. The van der Waals surface area contributed by atoms with E-state index in [0.29, 0.717) is 11.3 Å². The Balaban J connectivity index is 2.14. The van der Waals surface area contributed by atoms with Gasteiger partial charge in [0.2, 0.25) is 0 Å². The van der Waals surface area contributed by atoms with Gasteiger partial charge in [-0.05, 0) is 62.2 Å². The summed E-state index contributed by atoms with van der Waals surface area (Å²) in [5.74, 6) is 2.21. The van der Waals surface area contributed by atoms with Gasteiger partial charge in [-0.3, -0.25) is 0 Å². The molecule has 16 heavy (non-hydrogen) atoms.